The molecule has 0 aliphatic heterocycles. The van der Waals surface area contributed by atoms with E-state index < -0.39 is 5.60 Å². The summed E-state index contributed by atoms with van der Waals surface area (Å²) in [6, 6.07) is 7.55. The monoisotopic (exact) mass is 277 g/mol. The predicted molar refractivity (Wildman–Crippen MR) is 77.6 cm³/mol. The fourth-order valence-corrected chi connectivity index (χ4v) is 2.62. The first-order valence-corrected chi connectivity index (χ1v) is 7.31. The molecule has 1 aromatic carbocycles. The summed E-state index contributed by atoms with van der Waals surface area (Å²) in [6.07, 6.45) is 2.96. The number of hydrogen-bond donors (Lipinski definition) is 2. The maximum Gasteiger partial charge on any atom is 0.252 e. The first-order valence-electron chi connectivity index (χ1n) is 7.31. The van der Waals surface area contributed by atoms with Gasteiger partial charge in [-0.1, -0.05) is 12.1 Å². The van der Waals surface area contributed by atoms with E-state index in [0.29, 0.717) is 19.4 Å². The fraction of sp³-hybridized carbons (Fsp3) is 0.562. The number of hydrogen-bond acceptors (Lipinski definition) is 3. The Bertz CT molecular complexity index is 449. The van der Waals surface area contributed by atoms with Gasteiger partial charge in [0.25, 0.3) is 5.91 Å². The Morgan fingerprint density at radius 1 is 1.35 bits per heavy atom. The highest BCUT2D eigenvalue weighted by molar-refractivity contribution is 5.85. The molecule has 0 heterocycles. The highest BCUT2D eigenvalue weighted by Crippen LogP contribution is 2.30. The molecule has 20 heavy (non-hydrogen) atoms. The van der Waals surface area contributed by atoms with Crippen LogP contribution in [0.15, 0.2) is 24.3 Å². The zero-order chi connectivity index (χ0) is 14.6. The maximum atomic E-state index is 12.1. The van der Waals surface area contributed by atoms with E-state index >= 15 is 0 Å². The summed E-state index contributed by atoms with van der Waals surface area (Å²) in [7, 11) is 0. The van der Waals surface area contributed by atoms with Gasteiger partial charge in [-0.25, -0.2) is 0 Å². The molecule has 1 fully saturated rings. The molecule has 1 atom stereocenters. The molecule has 0 saturated heterocycles. The van der Waals surface area contributed by atoms with Gasteiger partial charge in [0.05, 0.1) is 12.6 Å². The van der Waals surface area contributed by atoms with E-state index in [2.05, 4.69) is 5.32 Å². The van der Waals surface area contributed by atoms with Crippen molar-refractivity contribution in [2.24, 2.45) is 0 Å². The molecule has 0 spiro atoms. The third-order valence-corrected chi connectivity index (χ3v) is 3.89. The minimum Gasteiger partial charge on any atom is -0.494 e. The normalized spacial score (nSPS) is 18.6. The highest BCUT2D eigenvalue weighted by Gasteiger charge is 2.39. The molecular formula is C16H23NO3. The Hall–Kier alpha value is -1.55. The van der Waals surface area contributed by atoms with Gasteiger partial charge in [0, 0.05) is 0 Å². The second kappa shape index (κ2) is 6.27. The standard InChI is InChI=1S/C16H23NO3/c1-3-20-14-8-6-13(7-9-14)12(2)17-15(18)16(19)10-4-5-11-16/h6-9,12,19H,3-5,10-11H2,1-2H3,(H,17,18). The molecule has 1 saturated carbocycles. The van der Waals surface area contributed by atoms with Gasteiger partial charge >= 0.3 is 0 Å². The van der Waals surface area contributed by atoms with Crippen LogP contribution in [-0.4, -0.2) is 23.2 Å². The Morgan fingerprint density at radius 2 is 1.95 bits per heavy atom. The lowest BCUT2D eigenvalue weighted by Crippen LogP contribution is -2.45. The van der Waals surface area contributed by atoms with Crippen molar-refractivity contribution < 1.29 is 14.6 Å². The molecule has 4 heteroatoms. The zero-order valence-corrected chi connectivity index (χ0v) is 12.2. The molecule has 1 aromatic rings. The summed E-state index contributed by atoms with van der Waals surface area (Å²) in [6.45, 7) is 4.50. The van der Waals surface area contributed by atoms with Crippen molar-refractivity contribution in [2.75, 3.05) is 6.61 Å². The van der Waals surface area contributed by atoms with Crippen molar-refractivity contribution in [2.45, 2.75) is 51.2 Å². The first-order chi connectivity index (χ1) is 9.55. The van der Waals surface area contributed by atoms with Gasteiger partial charge in [-0.3, -0.25) is 4.79 Å². The van der Waals surface area contributed by atoms with Gasteiger partial charge in [0.1, 0.15) is 11.4 Å². The fourth-order valence-electron chi connectivity index (χ4n) is 2.62. The van der Waals surface area contributed by atoms with E-state index in [9.17, 15) is 9.90 Å². The van der Waals surface area contributed by atoms with Gasteiger partial charge in [-0.2, -0.15) is 0 Å². The molecule has 1 aliphatic carbocycles. The van der Waals surface area contributed by atoms with Crippen LogP contribution in [0.25, 0.3) is 0 Å². The van der Waals surface area contributed by atoms with Crippen LogP contribution >= 0.6 is 0 Å². The van der Waals surface area contributed by atoms with Crippen molar-refractivity contribution in [3.05, 3.63) is 29.8 Å². The first kappa shape index (κ1) is 14.9. The summed E-state index contributed by atoms with van der Waals surface area (Å²) >= 11 is 0. The lowest BCUT2D eigenvalue weighted by molar-refractivity contribution is -0.139. The van der Waals surface area contributed by atoms with E-state index in [4.69, 9.17) is 4.74 Å². The highest BCUT2D eigenvalue weighted by atomic mass is 16.5. The zero-order valence-electron chi connectivity index (χ0n) is 12.2. The second-order valence-electron chi connectivity index (χ2n) is 5.44. The van der Waals surface area contributed by atoms with Crippen molar-refractivity contribution in [1.82, 2.24) is 5.32 Å². The smallest absolute Gasteiger partial charge is 0.252 e. The van der Waals surface area contributed by atoms with E-state index in [1.165, 1.54) is 0 Å². The molecule has 0 bridgehead atoms. The molecule has 4 nitrogen and oxygen atoms in total. The average molecular weight is 277 g/mol. The minimum absolute atomic E-state index is 0.122. The number of nitrogens with one attached hydrogen (secondary N) is 1. The molecule has 0 aromatic heterocycles. The second-order valence-corrected chi connectivity index (χ2v) is 5.44. The van der Waals surface area contributed by atoms with Crippen LogP contribution in [-0.2, 0) is 4.79 Å². The molecule has 110 valence electrons. The molecule has 2 rings (SSSR count). The number of benzene rings is 1. The number of carbonyl (C=O) groups is 1. The van der Waals surface area contributed by atoms with Gasteiger partial charge in [0.2, 0.25) is 0 Å². The third-order valence-electron chi connectivity index (χ3n) is 3.89. The van der Waals surface area contributed by atoms with Crippen molar-refractivity contribution >= 4 is 5.91 Å². The van der Waals surface area contributed by atoms with Crippen LogP contribution in [0.3, 0.4) is 0 Å². The van der Waals surface area contributed by atoms with Crippen molar-refractivity contribution in [1.29, 1.82) is 0 Å². The third kappa shape index (κ3) is 3.31. The number of amides is 1. The largest absolute Gasteiger partial charge is 0.494 e. The molecule has 2 N–H and O–H groups in total. The Labute approximate surface area is 120 Å². The number of ether oxygens (including phenoxy) is 1. The number of aliphatic hydroxyl groups is 1. The summed E-state index contributed by atoms with van der Waals surface area (Å²) in [5, 5.41) is 13.1. The van der Waals surface area contributed by atoms with E-state index in [0.717, 1.165) is 24.2 Å². The van der Waals surface area contributed by atoms with Crippen LogP contribution in [0.4, 0.5) is 0 Å². The van der Waals surface area contributed by atoms with Crippen LogP contribution < -0.4 is 10.1 Å². The van der Waals surface area contributed by atoms with Crippen LogP contribution in [0.2, 0.25) is 0 Å². The maximum absolute atomic E-state index is 12.1. The molecular weight excluding hydrogens is 254 g/mol. The topological polar surface area (TPSA) is 58.6 Å². The van der Waals surface area contributed by atoms with Gasteiger partial charge in [0.15, 0.2) is 0 Å². The number of carbonyl (C=O) groups excluding carboxylic acids is 1. The van der Waals surface area contributed by atoms with Crippen molar-refractivity contribution in [3.63, 3.8) is 0 Å². The van der Waals surface area contributed by atoms with Gasteiger partial charge in [-0.15, -0.1) is 0 Å². The molecule has 0 radical (unpaired) electrons. The SMILES string of the molecule is CCOc1ccc(C(C)NC(=O)C2(O)CCCC2)cc1. The van der Waals surface area contributed by atoms with E-state index in [-0.39, 0.29) is 11.9 Å². The van der Waals surface area contributed by atoms with Crippen LogP contribution in [0.1, 0.15) is 51.1 Å². The predicted octanol–water partition coefficient (Wildman–Crippen LogP) is 2.57. The molecule has 1 unspecified atom stereocenters. The van der Waals surface area contributed by atoms with Gasteiger partial charge in [-0.05, 0) is 57.2 Å². The van der Waals surface area contributed by atoms with Crippen LogP contribution in [0, 0.1) is 0 Å². The Balaban J connectivity index is 1.97. The molecule has 1 aliphatic rings. The van der Waals surface area contributed by atoms with Crippen molar-refractivity contribution in [3.8, 4) is 5.75 Å². The van der Waals surface area contributed by atoms with E-state index in [1.54, 1.807) is 0 Å². The Morgan fingerprint density at radius 3 is 2.50 bits per heavy atom. The summed E-state index contributed by atoms with van der Waals surface area (Å²) in [4.78, 5) is 12.1. The summed E-state index contributed by atoms with van der Waals surface area (Å²) in [5.41, 5.74) is -0.164. The van der Waals surface area contributed by atoms with E-state index in [1.807, 2.05) is 38.1 Å². The van der Waals surface area contributed by atoms with Gasteiger partial charge < -0.3 is 15.2 Å². The Kier molecular flexibility index (Phi) is 4.65. The lowest BCUT2D eigenvalue weighted by Gasteiger charge is -2.24. The van der Waals surface area contributed by atoms with Crippen LogP contribution in [0.5, 0.6) is 5.75 Å². The molecule has 1 amide bonds. The lowest BCUT2D eigenvalue weighted by atomic mass is 10.00. The number of rotatable bonds is 5. The summed E-state index contributed by atoms with van der Waals surface area (Å²) < 4.78 is 5.39. The minimum atomic E-state index is -1.17. The average Bonchev–Trinajstić information content (AvgIpc) is 2.88. The summed E-state index contributed by atoms with van der Waals surface area (Å²) in [5.74, 6) is 0.570. The quantitative estimate of drug-likeness (QED) is 0.869.